The van der Waals surface area contributed by atoms with Crippen LogP contribution in [0.4, 0.5) is 0 Å². The largest absolute Gasteiger partial charge is 0.313 e. The molecule has 1 fully saturated rings. The fraction of sp³-hybridized carbons (Fsp3) is 0.667. The highest BCUT2D eigenvalue weighted by molar-refractivity contribution is 5.27. The minimum atomic E-state index is 0.959. The van der Waals surface area contributed by atoms with Gasteiger partial charge in [-0.15, -0.1) is 0 Å². The molecule has 2 rings (SSSR count). The van der Waals surface area contributed by atoms with Crippen molar-refractivity contribution in [3.05, 3.63) is 35.4 Å². The Morgan fingerprint density at radius 2 is 1.90 bits per heavy atom. The average molecular weight is 274 g/mol. The van der Waals surface area contributed by atoms with E-state index in [2.05, 4.69) is 48.3 Å². The number of rotatable bonds is 9. The Morgan fingerprint density at radius 3 is 2.50 bits per heavy atom. The van der Waals surface area contributed by atoms with Gasteiger partial charge in [0.2, 0.25) is 0 Å². The molecule has 0 aromatic heterocycles. The van der Waals surface area contributed by atoms with Gasteiger partial charge >= 0.3 is 0 Å². The molecule has 0 radical (unpaired) electrons. The van der Waals surface area contributed by atoms with Crippen LogP contribution < -0.4 is 5.32 Å². The van der Waals surface area contributed by atoms with Crippen molar-refractivity contribution in [2.24, 2.45) is 5.92 Å². The van der Waals surface area contributed by atoms with Gasteiger partial charge in [-0.25, -0.2) is 0 Å². The molecule has 1 aliphatic carbocycles. The second-order valence-electron chi connectivity index (χ2n) is 6.07. The summed E-state index contributed by atoms with van der Waals surface area (Å²) in [6.07, 6.45) is 5.52. The first-order valence-corrected chi connectivity index (χ1v) is 8.33. The van der Waals surface area contributed by atoms with E-state index in [9.17, 15) is 0 Å². The quantitative estimate of drug-likeness (QED) is 0.689. The van der Waals surface area contributed by atoms with Crippen LogP contribution >= 0.6 is 0 Å². The maximum atomic E-state index is 3.53. The minimum Gasteiger partial charge on any atom is -0.313 e. The van der Waals surface area contributed by atoms with E-state index in [-0.39, 0.29) is 0 Å². The highest BCUT2D eigenvalue weighted by Crippen LogP contribution is 2.27. The Labute approximate surface area is 124 Å². The highest BCUT2D eigenvalue weighted by atomic mass is 15.1. The van der Waals surface area contributed by atoms with Crippen LogP contribution in [0, 0.1) is 5.92 Å². The number of nitrogens with zero attached hydrogens (tertiary/aromatic N) is 1. The van der Waals surface area contributed by atoms with Crippen LogP contribution in [0.3, 0.4) is 0 Å². The van der Waals surface area contributed by atoms with E-state index < -0.39 is 0 Å². The van der Waals surface area contributed by atoms with E-state index in [4.69, 9.17) is 0 Å². The molecule has 0 unspecified atom stereocenters. The van der Waals surface area contributed by atoms with Crippen molar-refractivity contribution in [3.63, 3.8) is 0 Å². The third-order valence-electron chi connectivity index (χ3n) is 4.44. The monoisotopic (exact) mass is 274 g/mol. The summed E-state index contributed by atoms with van der Waals surface area (Å²) in [5.74, 6) is 0.959. The van der Waals surface area contributed by atoms with Crippen molar-refractivity contribution in [1.29, 1.82) is 0 Å². The first-order chi connectivity index (χ1) is 9.83. The number of hydrogen-bond acceptors (Lipinski definition) is 2. The maximum Gasteiger partial charge on any atom is 0.0236 e. The standard InChI is InChI=1S/C18H30N2/c1-3-12-19-13-17-10-5-6-11-18(17)15-20(4-2)14-16-8-7-9-16/h5-6,10-11,16,19H,3-4,7-9,12-15H2,1-2H3. The van der Waals surface area contributed by atoms with Crippen molar-refractivity contribution in [1.82, 2.24) is 10.2 Å². The lowest BCUT2D eigenvalue weighted by Gasteiger charge is -2.32. The summed E-state index contributed by atoms with van der Waals surface area (Å²) < 4.78 is 0. The second kappa shape index (κ2) is 8.43. The first-order valence-electron chi connectivity index (χ1n) is 8.33. The third kappa shape index (κ3) is 4.60. The van der Waals surface area contributed by atoms with Crippen LogP contribution in [-0.2, 0) is 13.1 Å². The van der Waals surface area contributed by atoms with Crippen LogP contribution in [0.15, 0.2) is 24.3 Å². The molecule has 0 heterocycles. The summed E-state index contributed by atoms with van der Waals surface area (Å²) in [7, 11) is 0. The van der Waals surface area contributed by atoms with Crippen molar-refractivity contribution in [2.45, 2.75) is 52.6 Å². The van der Waals surface area contributed by atoms with E-state index in [1.54, 1.807) is 0 Å². The Balaban J connectivity index is 1.91. The molecule has 2 heteroatoms. The molecule has 0 spiro atoms. The van der Waals surface area contributed by atoms with Gasteiger partial charge in [0.1, 0.15) is 0 Å². The molecule has 2 nitrogen and oxygen atoms in total. The molecule has 20 heavy (non-hydrogen) atoms. The molecule has 1 aromatic carbocycles. The second-order valence-corrected chi connectivity index (χ2v) is 6.07. The highest BCUT2D eigenvalue weighted by Gasteiger charge is 2.20. The molecule has 0 atom stereocenters. The summed E-state index contributed by atoms with van der Waals surface area (Å²) >= 11 is 0. The molecule has 1 saturated carbocycles. The van der Waals surface area contributed by atoms with E-state index in [1.165, 1.54) is 43.4 Å². The van der Waals surface area contributed by atoms with Crippen LogP contribution in [0.2, 0.25) is 0 Å². The first kappa shape index (κ1) is 15.5. The van der Waals surface area contributed by atoms with Gasteiger partial charge in [-0.05, 0) is 49.4 Å². The van der Waals surface area contributed by atoms with Gasteiger partial charge in [0.25, 0.3) is 0 Å². The number of hydrogen-bond donors (Lipinski definition) is 1. The zero-order valence-electron chi connectivity index (χ0n) is 13.2. The van der Waals surface area contributed by atoms with Gasteiger partial charge in [0.15, 0.2) is 0 Å². The molecule has 1 aliphatic rings. The lowest BCUT2D eigenvalue weighted by atomic mass is 9.85. The van der Waals surface area contributed by atoms with Crippen LogP contribution in [-0.4, -0.2) is 24.5 Å². The molecule has 0 amide bonds. The molecular weight excluding hydrogens is 244 g/mol. The van der Waals surface area contributed by atoms with E-state index in [1.807, 2.05) is 0 Å². The van der Waals surface area contributed by atoms with E-state index in [0.29, 0.717) is 0 Å². The van der Waals surface area contributed by atoms with Crippen LogP contribution in [0.1, 0.15) is 50.7 Å². The van der Waals surface area contributed by atoms with Crippen LogP contribution in [0.25, 0.3) is 0 Å². The normalized spacial score (nSPS) is 15.6. The number of benzene rings is 1. The summed E-state index contributed by atoms with van der Waals surface area (Å²) in [5.41, 5.74) is 2.96. The van der Waals surface area contributed by atoms with Gasteiger partial charge < -0.3 is 5.32 Å². The third-order valence-corrected chi connectivity index (χ3v) is 4.44. The molecule has 1 aromatic rings. The average Bonchev–Trinajstić information content (AvgIpc) is 2.43. The molecular formula is C18H30N2. The molecule has 0 aliphatic heterocycles. The van der Waals surface area contributed by atoms with E-state index >= 15 is 0 Å². The minimum absolute atomic E-state index is 0.959. The lowest BCUT2D eigenvalue weighted by molar-refractivity contribution is 0.178. The van der Waals surface area contributed by atoms with Gasteiger partial charge in [-0.3, -0.25) is 4.90 Å². The predicted molar refractivity (Wildman–Crippen MR) is 86.7 cm³/mol. The maximum absolute atomic E-state index is 3.53. The molecule has 1 N–H and O–H groups in total. The van der Waals surface area contributed by atoms with Gasteiger partial charge in [0.05, 0.1) is 0 Å². The van der Waals surface area contributed by atoms with Gasteiger partial charge in [-0.2, -0.15) is 0 Å². The van der Waals surface area contributed by atoms with Crippen LogP contribution in [0.5, 0.6) is 0 Å². The topological polar surface area (TPSA) is 15.3 Å². The Morgan fingerprint density at radius 1 is 1.15 bits per heavy atom. The SMILES string of the molecule is CCCNCc1ccccc1CN(CC)CC1CCC1. The fourth-order valence-electron chi connectivity index (χ4n) is 2.87. The zero-order valence-corrected chi connectivity index (χ0v) is 13.2. The summed E-state index contributed by atoms with van der Waals surface area (Å²) in [6.45, 7) is 10.2. The van der Waals surface area contributed by atoms with E-state index in [0.717, 1.165) is 32.1 Å². The Kier molecular flexibility index (Phi) is 6.55. The number of nitrogens with one attached hydrogen (secondary N) is 1. The predicted octanol–water partition coefficient (Wildman–Crippen LogP) is 3.81. The van der Waals surface area contributed by atoms with Crippen molar-refractivity contribution in [3.8, 4) is 0 Å². The summed E-state index contributed by atoms with van der Waals surface area (Å²) in [5, 5.41) is 3.53. The molecule has 0 bridgehead atoms. The lowest BCUT2D eigenvalue weighted by Crippen LogP contribution is -2.32. The molecule has 112 valence electrons. The summed E-state index contributed by atoms with van der Waals surface area (Å²) in [6, 6.07) is 8.91. The van der Waals surface area contributed by atoms with Crippen molar-refractivity contribution >= 4 is 0 Å². The Bertz CT molecular complexity index is 385. The van der Waals surface area contributed by atoms with Gasteiger partial charge in [0, 0.05) is 19.6 Å². The fourth-order valence-corrected chi connectivity index (χ4v) is 2.87. The van der Waals surface area contributed by atoms with Crippen molar-refractivity contribution in [2.75, 3.05) is 19.6 Å². The Hall–Kier alpha value is -0.860. The summed E-state index contributed by atoms with van der Waals surface area (Å²) in [4.78, 5) is 2.61. The van der Waals surface area contributed by atoms with Crippen molar-refractivity contribution < 1.29 is 0 Å². The van der Waals surface area contributed by atoms with Gasteiger partial charge in [-0.1, -0.05) is 44.5 Å². The zero-order chi connectivity index (χ0) is 14.2. The molecule has 0 saturated heterocycles. The smallest absolute Gasteiger partial charge is 0.0236 e.